The highest BCUT2D eigenvalue weighted by Crippen LogP contribution is 2.35. The Balaban J connectivity index is 1.74. The Bertz CT molecular complexity index is 699. The molecule has 1 unspecified atom stereocenters. The number of ether oxygens (including phenoxy) is 1. The molecule has 2 fully saturated rings. The van der Waals surface area contributed by atoms with Gasteiger partial charge in [0.25, 0.3) is 0 Å². The van der Waals surface area contributed by atoms with Crippen molar-refractivity contribution in [2.24, 2.45) is 5.92 Å². The molecule has 1 saturated heterocycles. The Morgan fingerprint density at radius 1 is 1.14 bits per heavy atom. The number of hydrogen-bond acceptors (Lipinski definition) is 4. The first-order valence-electron chi connectivity index (χ1n) is 7.66. The smallest absolute Gasteiger partial charge is 0.161 e. The van der Waals surface area contributed by atoms with Crippen LogP contribution in [-0.4, -0.2) is 35.8 Å². The molecule has 4 nitrogen and oxygen atoms in total. The van der Waals surface area contributed by atoms with E-state index in [0.717, 1.165) is 45.1 Å². The average Bonchev–Trinajstić information content (AvgIpc) is 3.22. The van der Waals surface area contributed by atoms with E-state index in [-0.39, 0.29) is 0 Å². The molecule has 0 amide bonds. The van der Waals surface area contributed by atoms with Crippen molar-refractivity contribution in [3.8, 4) is 0 Å². The van der Waals surface area contributed by atoms with Crippen LogP contribution < -0.4 is 4.90 Å². The molecule has 1 aromatic heterocycles. The molecule has 1 aromatic carbocycles. The second-order valence-corrected chi connectivity index (χ2v) is 6.09. The molecule has 6 heteroatoms. The molecule has 0 radical (unpaired) electrons. The van der Waals surface area contributed by atoms with Crippen LogP contribution in [0.5, 0.6) is 0 Å². The van der Waals surface area contributed by atoms with Crippen LogP contribution in [0.2, 0.25) is 0 Å². The van der Waals surface area contributed by atoms with E-state index in [2.05, 4.69) is 14.9 Å². The van der Waals surface area contributed by atoms with Crippen molar-refractivity contribution in [3.63, 3.8) is 0 Å². The van der Waals surface area contributed by atoms with E-state index >= 15 is 0 Å². The highest BCUT2D eigenvalue weighted by atomic mass is 19.2. The zero-order valence-corrected chi connectivity index (χ0v) is 12.1. The normalized spacial score (nSPS) is 21.5. The van der Waals surface area contributed by atoms with E-state index in [9.17, 15) is 8.78 Å². The predicted molar refractivity (Wildman–Crippen MR) is 78.7 cm³/mol. The van der Waals surface area contributed by atoms with Gasteiger partial charge in [-0.15, -0.1) is 0 Å². The number of fused-ring (bicyclic) bond motifs is 1. The standard InChI is InChI=1S/C16H17F2N3O/c17-13-5-12-15(6-14(13)18)19-9-20-16(12)21(11-1-2-11)7-10-3-4-22-8-10/h5-6,9-11H,1-4,7-8H2. The number of aromatic nitrogens is 2. The lowest BCUT2D eigenvalue weighted by molar-refractivity contribution is 0.186. The quantitative estimate of drug-likeness (QED) is 0.870. The molecule has 1 atom stereocenters. The summed E-state index contributed by atoms with van der Waals surface area (Å²) in [5.74, 6) is -0.558. The third-order valence-corrected chi connectivity index (χ3v) is 4.39. The van der Waals surface area contributed by atoms with E-state index in [1.165, 1.54) is 12.4 Å². The molecule has 0 N–H and O–H groups in total. The van der Waals surface area contributed by atoms with Gasteiger partial charge in [-0.25, -0.2) is 18.7 Å². The Labute approximate surface area is 127 Å². The van der Waals surface area contributed by atoms with Crippen LogP contribution in [0.1, 0.15) is 19.3 Å². The summed E-state index contributed by atoms with van der Waals surface area (Å²) in [6, 6.07) is 2.78. The zero-order chi connectivity index (χ0) is 15.1. The maximum atomic E-state index is 13.6. The molecule has 4 rings (SSSR count). The Hall–Kier alpha value is -1.82. The first-order chi connectivity index (χ1) is 10.7. The third kappa shape index (κ3) is 2.52. The molecule has 1 saturated carbocycles. The molecular formula is C16H17F2N3O. The SMILES string of the molecule is Fc1cc2ncnc(N(CC3CCOC3)C3CC3)c2cc1F. The van der Waals surface area contributed by atoms with E-state index in [1.54, 1.807) is 0 Å². The van der Waals surface area contributed by atoms with Gasteiger partial charge in [-0.05, 0) is 25.3 Å². The number of anilines is 1. The summed E-state index contributed by atoms with van der Waals surface area (Å²) in [6.45, 7) is 2.40. The highest BCUT2D eigenvalue weighted by Gasteiger charge is 2.33. The molecule has 0 bridgehead atoms. The molecule has 2 heterocycles. The van der Waals surface area contributed by atoms with Gasteiger partial charge in [-0.2, -0.15) is 0 Å². The topological polar surface area (TPSA) is 38.2 Å². The van der Waals surface area contributed by atoms with Crippen molar-refractivity contribution in [1.82, 2.24) is 9.97 Å². The van der Waals surface area contributed by atoms with Crippen LogP contribution in [-0.2, 0) is 4.74 Å². The maximum Gasteiger partial charge on any atom is 0.161 e. The van der Waals surface area contributed by atoms with E-state index in [4.69, 9.17) is 4.74 Å². The van der Waals surface area contributed by atoms with Crippen LogP contribution in [0.25, 0.3) is 10.9 Å². The summed E-state index contributed by atoms with van der Waals surface area (Å²) in [4.78, 5) is 10.7. The molecule has 0 spiro atoms. The van der Waals surface area contributed by atoms with Crippen LogP contribution >= 0.6 is 0 Å². The molecule has 2 aliphatic rings. The molecular weight excluding hydrogens is 288 g/mol. The van der Waals surface area contributed by atoms with Gasteiger partial charge < -0.3 is 9.64 Å². The van der Waals surface area contributed by atoms with Gasteiger partial charge in [0.15, 0.2) is 11.6 Å². The second kappa shape index (κ2) is 5.43. The molecule has 1 aliphatic carbocycles. The van der Waals surface area contributed by atoms with Crippen molar-refractivity contribution < 1.29 is 13.5 Å². The average molecular weight is 305 g/mol. The Morgan fingerprint density at radius 3 is 2.68 bits per heavy atom. The van der Waals surface area contributed by atoms with E-state index < -0.39 is 11.6 Å². The number of benzene rings is 1. The molecule has 1 aliphatic heterocycles. The molecule has 116 valence electrons. The fourth-order valence-corrected chi connectivity index (χ4v) is 3.07. The van der Waals surface area contributed by atoms with Crippen LogP contribution in [0.4, 0.5) is 14.6 Å². The van der Waals surface area contributed by atoms with Crippen LogP contribution in [0, 0.1) is 17.6 Å². The number of nitrogens with zero attached hydrogens (tertiary/aromatic N) is 3. The highest BCUT2D eigenvalue weighted by molar-refractivity contribution is 5.89. The fourth-order valence-electron chi connectivity index (χ4n) is 3.07. The summed E-state index contributed by atoms with van der Waals surface area (Å²) >= 11 is 0. The third-order valence-electron chi connectivity index (χ3n) is 4.39. The monoisotopic (exact) mass is 305 g/mol. The second-order valence-electron chi connectivity index (χ2n) is 6.09. The summed E-state index contributed by atoms with van der Waals surface area (Å²) in [7, 11) is 0. The van der Waals surface area contributed by atoms with Gasteiger partial charge in [-0.3, -0.25) is 0 Å². The van der Waals surface area contributed by atoms with Gasteiger partial charge >= 0.3 is 0 Å². The van der Waals surface area contributed by atoms with Crippen molar-refractivity contribution in [3.05, 3.63) is 30.1 Å². The van der Waals surface area contributed by atoms with Crippen molar-refractivity contribution in [2.45, 2.75) is 25.3 Å². The minimum absolute atomic E-state index is 0.437. The lowest BCUT2D eigenvalue weighted by atomic mass is 10.1. The summed E-state index contributed by atoms with van der Waals surface area (Å²) in [5, 5.41) is 0.576. The van der Waals surface area contributed by atoms with Gasteiger partial charge in [0, 0.05) is 36.6 Å². The van der Waals surface area contributed by atoms with Gasteiger partial charge in [0.1, 0.15) is 12.1 Å². The Morgan fingerprint density at radius 2 is 1.95 bits per heavy atom. The molecule has 2 aromatic rings. The lowest BCUT2D eigenvalue weighted by Crippen LogP contribution is -2.32. The number of hydrogen-bond donors (Lipinski definition) is 0. The van der Waals surface area contributed by atoms with Gasteiger partial charge in [0.05, 0.1) is 12.1 Å². The minimum atomic E-state index is -0.876. The van der Waals surface area contributed by atoms with Gasteiger partial charge in [0.2, 0.25) is 0 Å². The predicted octanol–water partition coefficient (Wildman–Crippen LogP) is 2.91. The first kappa shape index (κ1) is 13.8. The maximum absolute atomic E-state index is 13.6. The van der Waals surface area contributed by atoms with Crippen molar-refractivity contribution in [1.29, 1.82) is 0 Å². The Kier molecular flexibility index (Phi) is 3.41. The van der Waals surface area contributed by atoms with Crippen molar-refractivity contribution in [2.75, 3.05) is 24.7 Å². The number of rotatable bonds is 4. The largest absolute Gasteiger partial charge is 0.381 e. The fraction of sp³-hybridized carbons (Fsp3) is 0.500. The van der Waals surface area contributed by atoms with Crippen molar-refractivity contribution >= 4 is 16.7 Å². The van der Waals surface area contributed by atoms with Crippen LogP contribution in [0.3, 0.4) is 0 Å². The molecule has 22 heavy (non-hydrogen) atoms. The summed E-state index contributed by atoms with van der Waals surface area (Å²) < 4.78 is 32.5. The first-order valence-corrected chi connectivity index (χ1v) is 7.66. The van der Waals surface area contributed by atoms with E-state index in [1.807, 2.05) is 0 Å². The summed E-state index contributed by atoms with van der Waals surface area (Å²) in [5.41, 5.74) is 0.442. The summed E-state index contributed by atoms with van der Waals surface area (Å²) in [6.07, 6.45) is 4.69. The van der Waals surface area contributed by atoms with Gasteiger partial charge in [-0.1, -0.05) is 0 Å². The lowest BCUT2D eigenvalue weighted by Gasteiger charge is -2.27. The van der Waals surface area contributed by atoms with Crippen LogP contribution in [0.15, 0.2) is 18.5 Å². The number of halogens is 2. The van der Waals surface area contributed by atoms with E-state index in [0.29, 0.717) is 28.7 Å². The zero-order valence-electron chi connectivity index (χ0n) is 12.1. The minimum Gasteiger partial charge on any atom is -0.381 e.